The molecule has 0 unspecified atom stereocenters. The lowest BCUT2D eigenvalue weighted by molar-refractivity contribution is 0.232. The Kier molecular flexibility index (Phi) is 3.88. The molecule has 0 radical (unpaired) electrons. The Bertz CT molecular complexity index is 231. The second kappa shape index (κ2) is 4.99. The largest absolute Gasteiger partial charge is 0.492 e. The molecular formula is C9H12ClNO. The van der Waals surface area contributed by atoms with Crippen molar-refractivity contribution in [1.82, 2.24) is 0 Å². The third kappa shape index (κ3) is 3.09. The molecule has 0 bridgehead atoms. The van der Waals surface area contributed by atoms with Crippen LogP contribution in [0.2, 0.25) is 0 Å². The number of hydrogen-bond acceptors (Lipinski definition) is 2. The minimum atomic E-state index is 0.529. The molecule has 0 spiro atoms. The fourth-order valence-corrected chi connectivity index (χ4v) is 0.957. The zero-order valence-corrected chi connectivity index (χ0v) is 7.84. The van der Waals surface area contributed by atoms with E-state index in [-0.39, 0.29) is 0 Å². The molecule has 0 aromatic heterocycles. The van der Waals surface area contributed by atoms with Gasteiger partial charge in [0.15, 0.2) is 0 Å². The maximum atomic E-state index is 5.69. The topological polar surface area (TPSA) is 21.6 Å². The van der Waals surface area contributed by atoms with Crippen LogP contribution in [0.25, 0.3) is 0 Å². The van der Waals surface area contributed by atoms with Gasteiger partial charge in [-0.3, -0.25) is 0 Å². The Morgan fingerprint density at radius 2 is 2.42 bits per heavy atom. The number of nitrogens with zero attached hydrogens (tertiary/aromatic N) is 1. The molecule has 1 aliphatic heterocycles. The van der Waals surface area contributed by atoms with Gasteiger partial charge in [0, 0.05) is 0 Å². The first-order valence-corrected chi connectivity index (χ1v) is 4.43. The van der Waals surface area contributed by atoms with Crippen molar-refractivity contribution in [3.8, 4) is 0 Å². The molecule has 12 heavy (non-hydrogen) atoms. The normalized spacial score (nSPS) is 16.5. The van der Waals surface area contributed by atoms with Crippen molar-refractivity contribution < 1.29 is 4.74 Å². The highest BCUT2D eigenvalue weighted by molar-refractivity contribution is 6.29. The lowest BCUT2D eigenvalue weighted by atomic mass is 10.3. The molecule has 0 saturated carbocycles. The number of rotatable bonds is 3. The lowest BCUT2D eigenvalue weighted by Crippen LogP contribution is -1.94. The third-order valence-electron chi connectivity index (χ3n) is 1.39. The van der Waals surface area contributed by atoms with E-state index in [4.69, 9.17) is 16.3 Å². The first kappa shape index (κ1) is 9.33. The van der Waals surface area contributed by atoms with Gasteiger partial charge in [-0.05, 0) is 25.0 Å². The molecule has 3 heteroatoms. The van der Waals surface area contributed by atoms with E-state index in [1.54, 1.807) is 6.21 Å². The SMILES string of the molecule is CCCOC1=CCC=C(Cl)N=C1. The van der Waals surface area contributed by atoms with Gasteiger partial charge in [-0.2, -0.15) is 0 Å². The van der Waals surface area contributed by atoms with Crippen molar-refractivity contribution in [2.45, 2.75) is 19.8 Å². The van der Waals surface area contributed by atoms with Crippen molar-refractivity contribution in [2.24, 2.45) is 4.99 Å². The second-order valence-electron chi connectivity index (χ2n) is 2.48. The van der Waals surface area contributed by atoms with E-state index >= 15 is 0 Å². The van der Waals surface area contributed by atoms with Crippen molar-refractivity contribution in [2.75, 3.05) is 6.61 Å². The van der Waals surface area contributed by atoms with Gasteiger partial charge < -0.3 is 4.74 Å². The Morgan fingerprint density at radius 3 is 3.17 bits per heavy atom. The van der Waals surface area contributed by atoms with E-state index < -0.39 is 0 Å². The Morgan fingerprint density at radius 1 is 1.58 bits per heavy atom. The van der Waals surface area contributed by atoms with E-state index in [9.17, 15) is 0 Å². The van der Waals surface area contributed by atoms with Crippen LogP contribution in [-0.4, -0.2) is 12.8 Å². The summed E-state index contributed by atoms with van der Waals surface area (Å²) in [5.74, 6) is 0.809. The zero-order chi connectivity index (χ0) is 8.81. The van der Waals surface area contributed by atoms with Crippen molar-refractivity contribution in [3.05, 3.63) is 23.1 Å². The highest BCUT2D eigenvalue weighted by Gasteiger charge is 1.97. The van der Waals surface area contributed by atoms with Gasteiger partial charge in [-0.15, -0.1) is 0 Å². The number of hydrogen-bond donors (Lipinski definition) is 0. The number of aliphatic imine (C=N–C) groups is 1. The summed E-state index contributed by atoms with van der Waals surface area (Å²) < 4.78 is 5.38. The van der Waals surface area contributed by atoms with Crippen LogP contribution in [0.15, 0.2) is 28.1 Å². The third-order valence-corrected chi connectivity index (χ3v) is 1.65. The molecule has 66 valence electrons. The monoisotopic (exact) mass is 185 g/mol. The van der Waals surface area contributed by atoms with Crippen molar-refractivity contribution in [1.29, 1.82) is 0 Å². The van der Waals surface area contributed by atoms with Gasteiger partial charge in [0.05, 0.1) is 12.8 Å². The van der Waals surface area contributed by atoms with E-state index in [0.717, 1.165) is 25.2 Å². The minimum Gasteiger partial charge on any atom is -0.492 e. The quantitative estimate of drug-likeness (QED) is 0.620. The number of ether oxygens (including phenoxy) is 1. The molecule has 1 heterocycles. The summed E-state index contributed by atoms with van der Waals surface area (Å²) in [7, 11) is 0. The smallest absolute Gasteiger partial charge is 0.133 e. The molecule has 0 amide bonds. The molecule has 0 atom stereocenters. The van der Waals surface area contributed by atoms with Crippen molar-refractivity contribution in [3.63, 3.8) is 0 Å². The fourth-order valence-electron chi connectivity index (χ4n) is 0.819. The number of allylic oxidation sites excluding steroid dienone is 3. The summed E-state index contributed by atoms with van der Waals surface area (Å²) in [6, 6.07) is 0. The summed E-state index contributed by atoms with van der Waals surface area (Å²) in [6.07, 6.45) is 7.26. The highest BCUT2D eigenvalue weighted by atomic mass is 35.5. The van der Waals surface area contributed by atoms with E-state index in [2.05, 4.69) is 11.9 Å². The molecular weight excluding hydrogens is 174 g/mol. The summed E-state index contributed by atoms with van der Waals surface area (Å²) >= 11 is 5.69. The zero-order valence-electron chi connectivity index (χ0n) is 7.09. The Hall–Kier alpha value is -0.760. The Labute approximate surface area is 77.6 Å². The van der Waals surface area contributed by atoms with Crippen LogP contribution in [0.5, 0.6) is 0 Å². The summed E-state index contributed by atoms with van der Waals surface area (Å²) in [5, 5.41) is 0.529. The fraction of sp³-hybridized carbons (Fsp3) is 0.444. The van der Waals surface area contributed by atoms with Crippen LogP contribution in [0.4, 0.5) is 0 Å². The van der Waals surface area contributed by atoms with Crippen LogP contribution in [0.1, 0.15) is 19.8 Å². The predicted octanol–water partition coefficient (Wildman–Crippen LogP) is 2.85. The van der Waals surface area contributed by atoms with Crippen molar-refractivity contribution >= 4 is 17.8 Å². The van der Waals surface area contributed by atoms with Crippen LogP contribution >= 0.6 is 11.6 Å². The average Bonchev–Trinajstić information content (AvgIpc) is 2.27. The molecule has 0 N–H and O–H groups in total. The maximum absolute atomic E-state index is 5.69. The first-order chi connectivity index (χ1) is 5.83. The van der Waals surface area contributed by atoms with Crippen LogP contribution in [0, 0.1) is 0 Å². The van der Waals surface area contributed by atoms with Gasteiger partial charge in [-0.25, -0.2) is 4.99 Å². The highest BCUT2D eigenvalue weighted by Crippen LogP contribution is 2.10. The van der Waals surface area contributed by atoms with Crippen LogP contribution in [0.3, 0.4) is 0 Å². The molecule has 0 fully saturated rings. The first-order valence-electron chi connectivity index (χ1n) is 4.05. The standard InChI is InChI=1S/C9H12ClNO/c1-2-6-12-8-4-3-5-9(10)11-7-8/h4-5,7H,2-3,6H2,1H3. The minimum absolute atomic E-state index is 0.529. The molecule has 0 aromatic carbocycles. The molecule has 1 rings (SSSR count). The average molecular weight is 186 g/mol. The summed E-state index contributed by atoms with van der Waals surface area (Å²) in [6.45, 7) is 2.80. The van der Waals surface area contributed by atoms with Gasteiger partial charge in [0.25, 0.3) is 0 Å². The van der Waals surface area contributed by atoms with Crippen LogP contribution < -0.4 is 0 Å². The molecule has 2 nitrogen and oxygen atoms in total. The van der Waals surface area contributed by atoms with E-state index in [1.807, 2.05) is 12.2 Å². The summed E-state index contributed by atoms with van der Waals surface area (Å²) in [5.41, 5.74) is 0. The van der Waals surface area contributed by atoms with Gasteiger partial charge in [0.1, 0.15) is 10.9 Å². The second-order valence-corrected chi connectivity index (χ2v) is 2.86. The Balaban J connectivity index is 2.46. The molecule has 0 aromatic rings. The maximum Gasteiger partial charge on any atom is 0.133 e. The predicted molar refractivity (Wildman–Crippen MR) is 51.4 cm³/mol. The lowest BCUT2D eigenvalue weighted by Gasteiger charge is -2.02. The van der Waals surface area contributed by atoms with Gasteiger partial charge in [0.2, 0.25) is 0 Å². The van der Waals surface area contributed by atoms with E-state index in [0.29, 0.717) is 5.16 Å². The molecule has 0 aliphatic carbocycles. The van der Waals surface area contributed by atoms with E-state index in [1.165, 1.54) is 0 Å². The molecule has 1 aliphatic rings. The molecule has 0 saturated heterocycles. The summed E-state index contributed by atoms with van der Waals surface area (Å²) in [4.78, 5) is 3.97. The number of halogens is 1. The van der Waals surface area contributed by atoms with Crippen LogP contribution in [-0.2, 0) is 4.74 Å². The van der Waals surface area contributed by atoms with Gasteiger partial charge in [-0.1, -0.05) is 18.5 Å². The van der Waals surface area contributed by atoms with Gasteiger partial charge >= 0.3 is 0 Å².